The second-order valence-corrected chi connectivity index (χ2v) is 9.53. The fourth-order valence-corrected chi connectivity index (χ4v) is 5.50. The summed E-state index contributed by atoms with van der Waals surface area (Å²) in [5.41, 5.74) is 3.07. The highest BCUT2D eigenvalue weighted by atomic mass is 16.5. The summed E-state index contributed by atoms with van der Waals surface area (Å²) in [4.78, 5) is 13.8. The SMILES string of the molecule is CC(=O)OCCN(CC1C(C)C=C(C)CC1C)CC1C(C)C=C(C)CC1C. The number of nitrogens with zero attached hydrogens (tertiary/aromatic N) is 1. The lowest BCUT2D eigenvalue weighted by atomic mass is 9.73. The van der Waals surface area contributed by atoms with Crippen LogP contribution in [-0.2, 0) is 9.53 Å². The molecule has 0 spiro atoms. The Labute approximate surface area is 167 Å². The van der Waals surface area contributed by atoms with E-state index in [9.17, 15) is 4.79 Å². The Morgan fingerprint density at radius 2 is 1.41 bits per heavy atom. The Morgan fingerprint density at radius 1 is 0.963 bits per heavy atom. The van der Waals surface area contributed by atoms with E-state index in [1.165, 1.54) is 30.9 Å². The Bertz CT molecular complexity index is 525. The van der Waals surface area contributed by atoms with E-state index < -0.39 is 0 Å². The smallest absolute Gasteiger partial charge is 0.302 e. The van der Waals surface area contributed by atoms with E-state index in [1.54, 1.807) is 0 Å². The summed E-state index contributed by atoms with van der Waals surface area (Å²) in [5.74, 6) is 3.84. The first-order valence-corrected chi connectivity index (χ1v) is 10.9. The van der Waals surface area contributed by atoms with Gasteiger partial charge in [-0.25, -0.2) is 0 Å². The van der Waals surface area contributed by atoms with Crippen LogP contribution in [0.4, 0.5) is 0 Å². The fourth-order valence-electron chi connectivity index (χ4n) is 5.50. The van der Waals surface area contributed by atoms with E-state index in [4.69, 9.17) is 4.74 Å². The third kappa shape index (κ3) is 6.48. The van der Waals surface area contributed by atoms with Gasteiger partial charge >= 0.3 is 5.97 Å². The molecule has 6 atom stereocenters. The highest BCUT2D eigenvalue weighted by Crippen LogP contribution is 2.36. The first kappa shape index (κ1) is 22.2. The summed E-state index contributed by atoms with van der Waals surface area (Å²) in [6, 6.07) is 0. The molecule has 0 bridgehead atoms. The maximum absolute atomic E-state index is 11.2. The zero-order valence-electron chi connectivity index (χ0n) is 18.6. The topological polar surface area (TPSA) is 29.5 Å². The number of hydrogen-bond donors (Lipinski definition) is 0. The monoisotopic (exact) mass is 375 g/mol. The van der Waals surface area contributed by atoms with Gasteiger partial charge in [0.15, 0.2) is 0 Å². The summed E-state index contributed by atoms with van der Waals surface area (Å²) in [7, 11) is 0. The van der Waals surface area contributed by atoms with Crippen molar-refractivity contribution in [1.82, 2.24) is 4.90 Å². The van der Waals surface area contributed by atoms with Gasteiger partial charge in [0.05, 0.1) is 0 Å². The second kappa shape index (κ2) is 9.91. The van der Waals surface area contributed by atoms with Crippen molar-refractivity contribution in [2.45, 2.75) is 61.3 Å². The zero-order chi connectivity index (χ0) is 20.1. The van der Waals surface area contributed by atoms with E-state index in [1.807, 2.05) is 0 Å². The molecule has 3 heteroatoms. The van der Waals surface area contributed by atoms with Gasteiger partial charge in [-0.3, -0.25) is 9.69 Å². The molecule has 0 heterocycles. The highest BCUT2D eigenvalue weighted by molar-refractivity contribution is 5.65. The molecule has 6 unspecified atom stereocenters. The summed E-state index contributed by atoms with van der Waals surface area (Å²) in [6.07, 6.45) is 7.36. The number of rotatable bonds is 7. The molecule has 0 aromatic heterocycles. The second-order valence-electron chi connectivity index (χ2n) is 9.53. The third-order valence-electron chi connectivity index (χ3n) is 6.85. The molecule has 0 amide bonds. The molecule has 0 saturated carbocycles. The van der Waals surface area contributed by atoms with Crippen molar-refractivity contribution in [2.24, 2.45) is 35.5 Å². The Morgan fingerprint density at radius 3 is 1.78 bits per heavy atom. The normalized spacial score (nSPS) is 34.2. The molecule has 0 aromatic rings. The number of esters is 1. The first-order valence-electron chi connectivity index (χ1n) is 10.9. The summed E-state index contributed by atoms with van der Waals surface area (Å²) in [6.45, 7) is 19.1. The molecule has 0 aliphatic heterocycles. The highest BCUT2D eigenvalue weighted by Gasteiger charge is 2.32. The molecule has 0 saturated heterocycles. The summed E-state index contributed by atoms with van der Waals surface area (Å²) < 4.78 is 5.29. The van der Waals surface area contributed by atoms with Crippen LogP contribution in [0.1, 0.15) is 61.3 Å². The molecule has 0 fully saturated rings. The van der Waals surface area contributed by atoms with Crippen LogP contribution in [0.15, 0.2) is 23.3 Å². The lowest BCUT2D eigenvalue weighted by Gasteiger charge is -2.41. The number of carbonyl (C=O) groups excluding carboxylic acids is 1. The lowest BCUT2D eigenvalue weighted by molar-refractivity contribution is -0.141. The summed E-state index contributed by atoms with van der Waals surface area (Å²) in [5, 5.41) is 0. The standard InChI is InChI=1S/C24H41NO2/c1-16-10-18(3)23(19(4)11-16)14-25(8-9-27-22(7)26)15-24-20(5)12-17(2)13-21(24)6/h10,12,18-21,23-24H,8-9,11,13-15H2,1-7H3. The van der Waals surface area contributed by atoms with E-state index in [0.717, 1.165) is 19.6 Å². The number of ether oxygens (including phenoxy) is 1. The van der Waals surface area contributed by atoms with Crippen molar-refractivity contribution in [2.75, 3.05) is 26.2 Å². The van der Waals surface area contributed by atoms with Gasteiger partial charge in [-0.1, -0.05) is 51.0 Å². The van der Waals surface area contributed by atoms with Gasteiger partial charge in [0.2, 0.25) is 0 Å². The summed E-state index contributed by atoms with van der Waals surface area (Å²) >= 11 is 0. The molecule has 2 aliphatic rings. The van der Waals surface area contributed by atoms with Crippen molar-refractivity contribution in [3.63, 3.8) is 0 Å². The lowest BCUT2D eigenvalue weighted by Crippen LogP contribution is -2.43. The van der Waals surface area contributed by atoms with Gasteiger partial charge in [-0.15, -0.1) is 0 Å². The molecule has 27 heavy (non-hydrogen) atoms. The third-order valence-corrected chi connectivity index (χ3v) is 6.85. The largest absolute Gasteiger partial charge is 0.465 e. The Balaban J connectivity index is 2.07. The van der Waals surface area contributed by atoms with Gasteiger partial charge in [0, 0.05) is 26.6 Å². The van der Waals surface area contributed by atoms with Gasteiger partial charge in [-0.2, -0.15) is 0 Å². The number of carbonyl (C=O) groups is 1. The Hall–Kier alpha value is -1.09. The average molecular weight is 376 g/mol. The predicted octanol–water partition coefficient (Wildman–Crippen LogP) is 5.33. The van der Waals surface area contributed by atoms with Crippen molar-refractivity contribution in [3.8, 4) is 0 Å². The van der Waals surface area contributed by atoms with E-state index in [-0.39, 0.29) is 5.97 Å². The minimum Gasteiger partial charge on any atom is -0.465 e. The number of allylic oxidation sites excluding steroid dienone is 4. The molecule has 2 aliphatic carbocycles. The van der Waals surface area contributed by atoms with Crippen LogP contribution in [0.3, 0.4) is 0 Å². The van der Waals surface area contributed by atoms with Gasteiger partial charge < -0.3 is 4.74 Å². The molecule has 154 valence electrons. The fraction of sp³-hybridized carbons (Fsp3) is 0.792. The van der Waals surface area contributed by atoms with Crippen LogP contribution in [0.2, 0.25) is 0 Å². The first-order chi connectivity index (χ1) is 12.7. The molecule has 0 radical (unpaired) electrons. The van der Waals surface area contributed by atoms with Crippen LogP contribution in [0.5, 0.6) is 0 Å². The van der Waals surface area contributed by atoms with Gasteiger partial charge in [-0.05, 0) is 62.2 Å². The van der Waals surface area contributed by atoms with Gasteiger partial charge in [0.25, 0.3) is 0 Å². The zero-order valence-corrected chi connectivity index (χ0v) is 18.6. The average Bonchev–Trinajstić information content (AvgIpc) is 2.53. The predicted molar refractivity (Wildman–Crippen MR) is 113 cm³/mol. The quantitative estimate of drug-likeness (QED) is 0.445. The Kier molecular flexibility index (Phi) is 8.15. The van der Waals surface area contributed by atoms with Crippen LogP contribution in [0, 0.1) is 35.5 Å². The molecule has 0 aromatic carbocycles. The van der Waals surface area contributed by atoms with Crippen LogP contribution >= 0.6 is 0 Å². The molecule has 3 nitrogen and oxygen atoms in total. The number of hydrogen-bond acceptors (Lipinski definition) is 3. The van der Waals surface area contributed by atoms with Crippen LogP contribution in [0.25, 0.3) is 0 Å². The minimum atomic E-state index is -0.175. The molecule has 2 rings (SSSR count). The van der Waals surface area contributed by atoms with E-state index >= 15 is 0 Å². The van der Waals surface area contributed by atoms with Crippen molar-refractivity contribution >= 4 is 5.97 Å². The van der Waals surface area contributed by atoms with E-state index in [2.05, 4.69) is 58.6 Å². The van der Waals surface area contributed by atoms with Crippen molar-refractivity contribution in [3.05, 3.63) is 23.3 Å². The molecular formula is C24H41NO2. The maximum Gasteiger partial charge on any atom is 0.302 e. The minimum absolute atomic E-state index is 0.175. The van der Waals surface area contributed by atoms with Crippen molar-refractivity contribution < 1.29 is 9.53 Å². The maximum atomic E-state index is 11.2. The van der Waals surface area contributed by atoms with Crippen LogP contribution in [-0.4, -0.2) is 37.1 Å². The van der Waals surface area contributed by atoms with Crippen molar-refractivity contribution in [1.29, 1.82) is 0 Å². The van der Waals surface area contributed by atoms with Crippen LogP contribution < -0.4 is 0 Å². The van der Waals surface area contributed by atoms with E-state index in [0.29, 0.717) is 42.1 Å². The molecule has 0 N–H and O–H groups in total. The molecular weight excluding hydrogens is 334 g/mol. The van der Waals surface area contributed by atoms with Gasteiger partial charge in [0.1, 0.15) is 6.61 Å².